The van der Waals surface area contributed by atoms with Crippen molar-refractivity contribution in [2.45, 2.75) is 88.6 Å². The van der Waals surface area contributed by atoms with Gasteiger partial charge < -0.3 is 20.9 Å². The van der Waals surface area contributed by atoms with Gasteiger partial charge in [0.1, 0.15) is 18.1 Å². The van der Waals surface area contributed by atoms with E-state index < -0.39 is 72.2 Å². The fraction of sp³-hybridized carbons (Fsp3) is 0.783. The molecular weight excluding hydrogens is 505 g/mol. The molecule has 0 spiro atoms. The van der Waals surface area contributed by atoms with Crippen molar-refractivity contribution < 1.29 is 41.1 Å². The van der Waals surface area contributed by atoms with Crippen LogP contribution in [0.25, 0.3) is 0 Å². The number of carbonyl (C=O) groups is 4. The van der Waals surface area contributed by atoms with Crippen molar-refractivity contribution >= 4 is 23.6 Å². The number of nitriles is 1. The molecule has 6 atom stereocenters. The molecule has 4 rings (SSSR count). The summed E-state index contributed by atoms with van der Waals surface area (Å²) in [5.41, 5.74) is 0. The molecule has 0 aromatic heterocycles. The van der Waals surface area contributed by atoms with Crippen LogP contribution in [0.3, 0.4) is 0 Å². The number of carbonyl (C=O) groups excluding carboxylic acids is 4. The second-order valence-electron chi connectivity index (χ2n) is 10.3. The molecule has 0 aromatic carbocycles. The fourth-order valence-electron chi connectivity index (χ4n) is 5.49. The van der Waals surface area contributed by atoms with Crippen molar-refractivity contribution in [2.24, 2.45) is 17.8 Å². The summed E-state index contributed by atoms with van der Waals surface area (Å²) < 4.78 is 68.5. The number of rotatable bonds is 8. The molecule has 3 heterocycles. The highest BCUT2D eigenvalue weighted by Gasteiger charge is 2.61. The third-order valence-electron chi connectivity index (χ3n) is 7.18. The van der Waals surface area contributed by atoms with Gasteiger partial charge in [-0.25, -0.2) is 8.78 Å². The van der Waals surface area contributed by atoms with E-state index in [1.165, 1.54) is 0 Å². The first-order chi connectivity index (χ1) is 17.2. The Kier molecular flexibility index (Phi) is 8.34. The maximum absolute atomic E-state index is 14.9. The molecule has 37 heavy (non-hydrogen) atoms. The smallest absolute Gasteiger partial charge is 0.356 e. The summed E-state index contributed by atoms with van der Waals surface area (Å²) in [4.78, 5) is 51.1. The van der Waals surface area contributed by atoms with Crippen LogP contribution in [0, 0.1) is 29.1 Å². The summed E-state index contributed by atoms with van der Waals surface area (Å²) in [6, 6.07) is -3.94. The van der Waals surface area contributed by atoms with E-state index in [0.29, 0.717) is 13.0 Å². The normalized spacial score (nSPS) is 28.3. The standard InChI is InChI=1S/C23H30F5N5O4/c1-11(2)7-16(32-21(37)23(26,27)28)20(36)33-14-3-4-15(22(24,25)9-14)17(33)19(35)31-13(10-29)8-12-5-6-30-18(12)34/h11-17H,3-9H2,1-2H3,(H,30,34)(H,31,35)(H,32,37)/t12-,13+,14+,15+,16-,17-/m1/s1. The first-order valence-electron chi connectivity index (χ1n) is 12.2. The second-order valence-corrected chi connectivity index (χ2v) is 10.3. The summed E-state index contributed by atoms with van der Waals surface area (Å²) in [5, 5.41) is 16.1. The summed E-state index contributed by atoms with van der Waals surface area (Å²) >= 11 is 0. The highest BCUT2D eigenvalue weighted by molar-refractivity contribution is 5.94. The van der Waals surface area contributed by atoms with E-state index in [1.807, 2.05) is 6.07 Å². The van der Waals surface area contributed by atoms with Gasteiger partial charge >= 0.3 is 12.1 Å². The summed E-state index contributed by atoms with van der Waals surface area (Å²) in [6.07, 6.45) is -5.87. The number of alkyl halides is 5. The zero-order chi connectivity index (χ0) is 27.7. The SMILES string of the molecule is CC(C)C[C@@H](NC(=O)C(F)(F)F)C(=O)N1[C@H]2CC[C@@H]([C@@H]1C(=O)N[C@H](C#N)C[C@H]1CCNC1=O)C(F)(F)C2. The van der Waals surface area contributed by atoms with Gasteiger partial charge in [-0.1, -0.05) is 13.8 Å². The summed E-state index contributed by atoms with van der Waals surface area (Å²) in [5.74, 6) is -10.6. The average molecular weight is 536 g/mol. The van der Waals surface area contributed by atoms with E-state index >= 15 is 0 Å². The molecule has 2 bridgehead atoms. The molecule has 14 heteroatoms. The van der Waals surface area contributed by atoms with Crippen LogP contribution in [0.1, 0.15) is 52.4 Å². The van der Waals surface area contributed by atoms with Crippen molar-refractivity contribution in [1.82, 2.24) is 20.9 Å². The Morgan fingerprint density at radius 1 is 1.19 bits per heavy atom. The van der Waals surface area contributed by atoms with Crippen molar-refractivity contribution in [2.75, 3.05) is 6.54 Å². The highest BCUT2D eigenvalue weighted by atomic mass is 19.4. The molecule has 0 radical (unpaired) electrons. The minimum absolute atomic E-state index is 0.0587. The third-order valence-corrected chi connectivity index (χ3v) is 7.18. The third kappa shape index (κ3) is 6.30. The lowest BCUT2D eigenvalue weighted by Gasteiger charge is -2.54. The van der Waals surface area contributed by atoms with E-state index in [4.69, 9.17) is 0 Å². The van der Waals surface area contributed by atoms with E-state index in [1.54, 1.807) is 19.2 Å². The molecule has 9 nitrogen and oxygen atoms in total. The van der Waals surface area contributed by atoms with Gasteiger partial charge in [-0.15, -0.1) is 0 Å². The van der Waals surface area contributed by atoms with E-state index in [-0.39, 0.29) is 37.5 Å². The molecule has 206 valence electrons. The number of nitrogens with one attached hydrogen (secondary N) is 3. The van der Waals surface area contributed by atoms with Gasteiger partial charge in [0, 0.05) is 24.9 Å². The Morgan fingerprint density at radius 3 is 2.38 bits per heavy atom. The van der Waals surface area contributed by atoms with Gasteiger partial charge in [0.15, 0.2) is 0 Å². The van der Waals surface area contributed by atoms with Crippen molar-refractivity contribution in [1.29, 1.82) is 5.26 Å². The first kappa shape index (κ1) is 28.6. The monoisotopic (exact) mass is 535 g/mol. The van der Waals surface area contributed by atoms with E-state index in [2.05, 4.69) is 10.6 Å². The Labute approximate surface area is 210 Å². The summed E-state index contributed by atoms with van der Waals surface area (Å²) in [6.45, 7) is 3.62. The predicted molar refractivity (Wildman–Crippen MR) is 117 cm³/mol. The quantitative estimate of drug-likeness (QED) is 0.407. The lowest BCUT2D eigenvalue weighted by atomic mass is 9.71. The average Bonchev–Trinajstić information content (AvgIpc) is 3.19. The van der Waals surface area contributed by atoms with Crippen LogP contribution in [0.5, 0.6) is 0 Å². The lowest BCUT2D eigenvalue weighted by Crippen LogP contribution is -2.71. The minimum atomic E-state index is -5.27. The number of hydrogen-bond donors (Lipinski definition) is 3. The molecule has 0 aromatic rings. The number of nitrogens with zero attached hydrogens (tertiary/aromatic N) is 2. The van der Waals surface area contributed by atoms with Gasteiger partial charge in [0.25, 0.3) is 5.92 Å². The molecule has 1 saturated carbocycles. The zero-order valence-electron chi connectivity index (χ0n) is 20.4. The molecule has 1 aliphatic carbocycles. The van der Waals surface area contributed by atoms with Gasteiger partial charge in [-0.2, -0.15) is 18.4 Å². The maximum atomic E-state index is 14.9. The van der Waals surface area contributed by atoms with Crippen molar-refractivity contribution in [3.63, 3.8) is 0 Å². The van der Waals surface area contributed by atoms with Crippen LogP contribution >= 0.6 is 0 Å². The minimum Gasteiger partial charge on any atom is -0.356 e. The van der Waals surface area contributed by atoms with Gasteiger partial charge in [0.2, 0.25) is 17.7 Å². The lowest BCUT2D eigenvalue weighted by molar-refractivity contribution is -0.196. The molecule has 3 aliphatic heterocycles. The Hall–Kier alpha value is -2.98. The number of halogens is 5. The largest absolute Gasteiger partial charge is 0.471 e. The molecule has 4 fully saturated rings. The van der Waals surface area contributed by atoms with Crippen LogP contribution in [0.2, 0.25) is 0 Å². The van der Waals surface area contributed by atoms with E-state index in [9.17, 15) is 46.4 Å². The molecular formula is C23H30F5N5O4. The first-order valence-corrected chi connectivity index (χ1v) is 12.2. The van der Waals surface area contributed by atoms with Crippen molar-refractivity contribution in [3.05, 3.63) is 0 Å². The summed E-state index contributed by atoms with van der Waals surface area (Å²) in [7, 11) is 0. The van der Waals surface area contributed by atoms with Crippen LogP contribution in [0.15, 0.2) is 0 Å². The molecule has 4 aliphatic rings. The molecule has 3 saturated heterocycles. The molecule has 4 amide bonds. The number of fused-ring (bicyclic) bond motifs is 3. The zero-order valence-corrected chi connectivity index (χ0v) is 20.4. The van der Waals surface area contributed by atoms with Crippen LogP contribution in [0.4, 0.5) is 22.0 Å². The maximum Gasteiger partial charge on any atom is 0.471 e. The number of hydrogen-bond acceptors (Lipinski definition) is 5. The second kappa shape index (κ2) is 10.8. The number of amides is 4. The van der Waals surface area contributed by atoms with Gasteiger partial charge in [-0.05, 0) is 38.0 Å². The predicted octanol–water partition coefficient (Wildman–Crippen LogP) is 1.63. The Balaban J connectivity index is 1.87. The van der Waals surface area contributed by atoms with Crippen molar-refractivity contribution in [3.8, 4) is 6.07 Å². The fourth-order valence-corrected chi connectivity index (χ4v) is 5.49. The topological polar surface area (TPSA) is 131 Å². The number of piperidine rings is 2. The van der Waals surface area contributed by atoms with E-state index in [0.717, 1.165) is 4.90 Å². The molecule has 0 unspecified atom stereocenters. The Bertz CT molecular complexity index is 966. The van der Waals surface area contributed by atoms with Crippen LogP contribution in [-0.4, -0.2) is 71.3 Å². The highest BCUT2D eigenvalue weighted by Crippen LogP contribution is 2.49. The Morgan fingerprint density at radius 2 is 1.86 bits per heavy atom. The van der Waals surface area contributed by atoms with Crippen LogP contribution in [-0.2, 0) is 19.2 Å². The van der Waals surface area contributed by atoms with Gasteiger partial charge in [0.05, 0.1) is 12.0 Å². The molecule has 3 N–H and O–H groups in total. The van der Waals surface area contributed by atoms with Crippen LogP contribution < -0.4 is 16.0 Å². The van der Waals surface area contributed by atoms with Gasteiger partial charge in [-0.3, -0.25) is 19.2 Å².